The fourth-order valence-electron chi connectivity index (χ4n) is 3.38. The molecule has 3 rings (SSSR count). The van der Waals surface area contributed by atoms with Crippen molar-refractivity contribution in [2.24, 2.45) is 0 Å². The maximum atomic E-state index is 13.0. The van der Waals surface area contributed by atoms with Gasteiger partial charge < -0.3 is 4.90 Å². The Morgan fingerprint density at radius 1 is 1.36 bits per heavy atom. The first-order valence-electron chi connectivity index (χ1n) is 7.89. The SMILES string of the molecule is Cc1n[nH]c(C)c1C1CCCN1C(=O)c1cc(C(F)(F)F)ccc1Br. The van der Waals surface area contributed by atoms with Gasteiger partial charge in [0.1, 0.15) is 0 Å². The van der Waals surface area contributed by atoms with Crippen molar-refractivity contribution in [3.05, 3.63) is 50.8 Å². The van der Waals surface area contributed by atoms with Crippen LogP contribution in [-0.2, 0) is 6.18 Å². The Morgan fingerprint density at radius 2 is 2.08 bits per heavy atom. The molecule has 1 aliphatic heterocycles. The number of hydrogen-bond donors (Lipinski definition) is 1. The zero-order valence-electron chi connectivity index (χ0n) is 13.7. The smallest absolute Gasteiger partial charge is 0.331 e. The molecule has 1 amide bonds. The summed E-state index contributed by atoms with van der Waals surface area (Å²) in [6.07, 6.45) is -2.92. The molecule has 1 fully saturated rings. The number of aryl methyl sites for hydroxylation is 2. The fourth-order valence-corrected chi connectivity index (χ4v) is 3.80. The highest BCUT2D eigenvalue weighted by atomic mass is 79.9. The average Bonchev–Trinajstić information content (AvgIpc) is 3.12. The van der Waals surface area contributed by atoms with Crippen molar-refractivity contribution >= 4 is 21.8 Å². The van der Waals surface area contributed by atoms with Gasteiger partial charge in [0, 0.05) is 22.3 Å². The van der Waals surface area contributed by atoms with Crippen LogP contribution in [0, 0.1) is 13.8 Å². The molecule has 0 aliphatic carbocycles. The van der Waals surface area contributed by atoms with Crippen LogP contribution in [0.4, 0.5) is 13.2 Å². The van der Waals surface area contributed by atoms with Crippen LogP contribution in [-0.4, -0.2) is 27.5 Å². The predicted octanol–water partition coefficient (Wildman–Crippen LogP) is 4.79. The molecular formula is C17H17BrF3N3O. The summed E-state index contributed by atoms with van der Waals surface area (Å²) in [5.41, 5.74) is 1.84. The first-order chi connectivity index (χ1) is 11.7. The van der Waals surface area contributed by atoms with E-state index in [1.54, 1.807) is 4.90 Å². The molecule has 1 unspecified atom stereocenters. The third-order valence-electron chi connectivity index (χ3n) is 4.56. The highest BCUT2D eigenvalue weighted by Gasteiger charge is 2.36. The minimum atomic E-state index is -4.49. The summed E-state index contributed by atoms with van der Waals surface area (Å²) < 4.78 is 39.3. The zero-order valence-corrected chi connectivity index (χ0v) is 15.3. The van der Waals surface area contributed by atoms with Crippen LogP contribution in [0.1, 0.15) is 51.8 Å². The summed E-state index contributed by atoms with van der Waals surface area (Å²) in [4.78, 5) is 14.6. The van der Waals surface area contributed by atoms with E-state index in [0.717, 1.165) is 41.9 Å². The maximum absolute atomic E-state index is 13.0. The van der Waals surface area contributed by atoms with E-state index in [2.05, 4.69) is 26.1 Å². The van der Waals surface area contributed by atoms with Crippen molar-refractivity contribution in [1.82, 2.24) is 15.1 Å². The molecule has 0 saturated carbocycles. The van der Waals surface area contributed by atoms with Crippen molar-refractivity contribution in [3.63, 3.8) is 0 Å². The number of aromatic amines is 1. The lowest BCUT2D eigenvalue weighted by Crippen LogP contribution is -2.31. The van der Waals surface area contributed by atoms with Gasteiger partial charge in [0.15, 0.2) is 0 Å². The number of rotatable bonds is 2. The van der Waals surface area contributed by atoms with Crippen LogP contribution in [0.25, 0.3) is 0 Å². The number of H-pyrrole nitrogens is 1. The zero-order chi connectivity index (χ0) is 18.4. The van der Waals surface area contributed by atoms with Gasteiger partial charge in [0.25, 0.3) is 5.91 Å². The Kier molecular flexibility index (Phi) is 4.66. The first-order valence-corrected chi connectivity index (χ1v) is 8.68. The normalized spacial score (nSPS) is 18.0. The van der Waals surface area contributed by atoms with Gasteiger partial charge in [0.05, 0.1) is 22.9 Å². The van der Waals surface area contributed by atoms with Crippen LogP contribution in [0.3, 0.4) is 0 Å². The molecule has 1 saturated heterocycles. The summed E-state index contributed by atoms with van der Waals surface area (Å²) in [5, 5.41) is 7.08. The molecule has 2 aromatic rings. The largest absolute Gasteiger partial charge is 0.416 e. The summed E-state index contributed by atoms with van der Waals surface area (Å²) in [5.74, 6) is -0.402. The fraction of sp³-hybridized carbons (Fsp3) is 0.412. The van der Waals surface area contributed by atoms with E-state index in [1.165, 1.54) is 6.07 Å². The molecule has 134 valence electrons. The highest BCUT2D eigenvalue weighted by Crippen LogP contribution is 2.38. The molecule has 4 nitrogen and oxygen atoms in total. The average molecular weight is 416 g/mol. The molecule has 1 aliphatic rings. The number of aromatic nitrogens is 2. The minimum Gasteiger partial charge on any atom is -0.331 e. The molecule has 0 radical (unpaired) electrons. The van der Waals surface area contributed by atoms with Crippen molar-refractivity contribution in [3.8, 4) is 0 Å². The number of carbonyl (C=O) groups excluding carboxylic acids is 1. The van der Waals surface area contributed by atoms with Crippen LogP contribution in [0.2, 0.25) is 0 Å². The van der Waals surface area contributed by atoms with Gasteiger partial charge in [-0.1, -0.05) is 0 Å². The van der Waals surface area contributed by atoms with E-state index in [0.29, 0.717) is 11.0 Å². The van der Waals surface area contributed by atoms with Gasteiger partial charge in [-0.3, -0.25) is 9.89 Å². The number of nitrogens with zero attached hydrogens (tertiary/aromatic N) is 2. The standard InChI is InChI=1S/C17H17BrF3N3O/c1-9-15(10(2)23-22-9)14-4-3-7-24(14)16(25)12-8-11(17(19,20)21)5-6-13(12)18/h5-6,8,14H,3-4,7H2,1-2H3,(H,22,23). The molecular weight excluding hydrogens is 399 g/mol. The number of amides is 1. The van der Waals surface area contributed by atoms with Crippen molar-refractivity contribution < 1.29 is 18.0 Å². The Bertz CT molecular complexity index is 796. The van der Waals surface area contributed by atoms with E-state index >= 15 is 0 Å². The quantitative estimate of drug-likeness (QED) is 0.766. The Morgan fingerprint density at radius 3 is 2.68 bits per heavy atom. The molecule has 0 bridgehead atoms. The summed E-state index contributed by atoms with van der Waals surface area (Å²) in [7, 11) is 0. The van der Waals surface area contributed by atoms with Crippen LogP contribution in [0.15, 0.2) is 22.7 Å². The highest BCUT2D eigenvalue weighted by molar-refractivity contribution is 9.10. The van der Waals surface area contributed by atoms with E-state index in [-0.39, 0.29) is 11.6 Å². The van der Waals surface area contributed by atoms with Gasteiger partial charge >= 0.3 is 6.18 Å². The third kappa shape index (κ3) is 3.31. The molecule has 8 heteroatoms. The Labute approximate surface area is 151 Å². The van der Waals surface area contributed by atoms with E-state index in [9.17, 15) is 18.0 Å². The summed E-state index contributed by atoms with van der Waals surface area (Å²) in [6, 6.07) is 2.98. The molecule has 2 heterocycles. The number of benzene rings is 1. The molecule has 1 aromatic carbocycles. The van der Waals surface area contributed by atoms with Crippen molar-refractivity contribution in [1.29, 1.82) is 0 Å². The van der Waals surface area contributed by atoms with Crippen molar-refractivity contribution in [2.75, 3.05) is 6.54 Å². The monoisotopic (exact) mass is 415 g/mol. The second-order valence-corrected chi connectivity index (χ2v) is 7.05. The molecule has 1 aromatic heterocycles. The number of likely N-dealkylation sites (tertiary alicyclic amines) is 1. The van der Waals surface area contributed by atoms with Crippen molar-refractivity contribution in [2.45, 2.75) is 38.9 Å². The predicted molar refractivity (Wildman–Crippen MR) is 90.2 cm³/mol. The number of alkyl halides is 3. The number of halogens is 4. The van der Waals surface area contributed by atoms with Gasteiger partial charge in [0.2, 0.25) is 0 Å². The van der Waals surface area contributed by atoms with E-state index in [4.69, 9.17) is 0 Å². The second kappa shape index (κ2) is 6.48. The number of hydrogen-bond acceptors (Lipinski definition) is 2. The number of nitrogens with one attached hydrogen (secondary N) is 1. The maximum Gasteiger partial charge on any atom is 0.416 e. The van der Waals surface area contributed by atoms with Crippen LogP contribution in [0.5, 0.6) is 0 Å². The Hall–Kier alpha value is -1.83. The van der Waals surface area contributed by atoms with E-state index in [1.807, 2.05) is 13.8 Å². The molecule has 1 atom stereocenters. The molecule has 1 N–H and O–H groups in total. The van der Waals surface area contributed by atoms with Gasteiger partial charge in [-0.2, -0.15) is 18.3 Å². The van der Waals surface area contributed by atoms with Gasteiger partial charge in [-0.05, 0) is 60.8 Å². The minimum absolute atomic E-state index is 0.0283. The van der Waals surface area contributed by atoms with Crippen LogP contribution < -0.4 is 0 Å². The third-order valence-corrected chi connectivity index (χ3v) is 5.25. The molecule has 25 heavy (non-hydrogen) atoms. The Balaban J connectivity index is 1.98. The van der Waals surface area contributed by atoms with Gasteiger partial charge in [-0.15, -0.1) is 0 Å². The lowest BCUT2D eigenvalue weighted by atomic mass is 10.0. The van der Waals surface area contributed by atoms with Crippen LogP contribution >= 0.6 is 15.9 Å². The lowest BCUT2D eigenvalue weighted by molar-refractivity contribution is -0.137. The summed E-state index contributed by atoms with van der Waals surface area (Å²) in [6.45, 7) is 4.26. The second-order valence-electron chi connectivity index (χ2n) is 6.20. The summed E-state index contributed by atoms with van der Waals surface area (Å²) >= 11 is 3.21. The lowest BCUT2D eigenvalue weighted by Gasteiger charge is -2.26. The number of carbonyl (C=O) groups is 1. The molecule has 0 spiro atoms. The topological polar surface area (TPSA) is 49.0 Å². The first kappa shape index (κ1) is 18.0. The van der Waals surface area contributed by atoms with E-state index < -0.39 is 17.6 Å². The van der Waals surface area contributed by atoms with Gasteiger partial charge in [-0.25, -0.2) is 0 Å².